The van der Waals surface area contributed by atoms with Crippen molar-refractivity contribution < 1.29 is 23.1 Å². The number of methoxy groups -OCH3 is 2. The number of aromatic nitrogens is 2. The molecule has 0 aliphatic carbocycles. The standard InChI is InChI=1S/C18H16FN3O4S/c1-24-12-7-11(8-13(9-12)25-2)17-21-22-18(26-17)27-10-16(23)20-15-6-4-3-5-14(15)19/h3-9H,10H2,1-2H3,(H,20,23). The molecule has 0 fully saturated rings. The second kappa shape index (κ2) is 8.54. The monoisotopic (exact) mass is 389 g/mol. The highest BCUT2D eigenvalue weighted by atomic mass is 32.2. The van der Waals surface area contributed by atoms with Gasteiger partial charge >= 0.3 is 0 Å². The molecule has 0 saturated carbocycles. The van der Waals surface area contributed by atoms with Crippen LogP contribution < -0.4 is 14.8 Å². The maximum absolute atomic E-state index is 13.5. The normalized spacial score (nSPS) is 10.5. The lowest BCUT2D eigenvalue weighted by Gasteiger charge is -2.05. The summed E-state index contributed by atoms with van der Waals surface area (Å²) in [5, 5.41) is 10.6. The summed E-state index contributed by atoms with van der Waals surface area (Å²) in [6, 6.07) is 11.1. The van der Waals surface area contributed by atoms with E-state index in [-0.39, 0.29) is 28.5 Å². The minimum Gasteiger partial charge on any atom is -0.497 e. The molecule has 1 amide bonds. The molecule has 27 heavy (non-hydrogen) atoms. The van der Waals surface area contributed by atoms with Gasteiger partial charge in [-0.05, 0) is 24.3 Å². The fraction of sp³-hybridized carbons (Fsp3) is 0.167. The Hall–Kier alpha value is -3.07. The first kappa shape index (κ1) is 18.7. The number of anilines is 1. The van der Waals surface area contributed by atoms with Crippen molar-refractivity contribution in [2.24, 2.45) is 0 Å². The van der Waals surface area contributed by atoms with Gasteiger partial charge in [-0.1, -0.05) is 23.9 Å². The molecule has 3 rings (SSSR count). The lowest BCUT2D eigenvalue weighted by molar-refractivity contribution is -0.113. The molecule has 0 bridgehead atoms. The van der Waals surface area contributed by atoms with E-state index in [9.17, 15) is 9.18 Å². The van der Waals surface area contributed by atoms with Crippen LogP contribution in [0.25, 0.3) is 11.5 Å². The summed E-state index contributed by atoms with van der Waals surface area (Å²) in [6.45, 7) is 0. The Morgan fingerprint density at radius 3 is 2.52 bits per heavy atom. The third-order valence-corrected chi connectivity index (χ3v) is 4.30. The molecule has 0 aliphatic heterocycles. The van der Waals surface area contributed by atoms with Crippen LogP contribution in [-0.4, -0.2) is 36.1 Å². The molecule has 0 saturated heterocycles. The number of nitrogens with zero attached hydrogens (tertiary/aromatic N) is 2. The van der Waals surface area contributed by atoms with E-state index in [1.807, 2.05) is 0 Å². The molecule has 1 heterocycles. The van der Waals surface area contributed by atoms with Crippen LogP contribution in [0.2, 0.25) is 0 Å². The molecule has 2 aromatic carbocycles. The second-order valence-electron chi connectivity index (χ2n) is 5.29. The van der Waals surface area contributed by atoms with Gasteiger partial charge in [0, 0.05) is 11.6 Å². The summed E-state index contributed by atoms with van der Waals surface area (Å²) >= 11 is 1.05. The second-order valence-corrected chi connectivity index (χ2v) is 6.22. The summed E-state index contributed by atoms with van der Waals surface area (Å²) in [5.74, 6) is 0.555. The number of amides is 1. The Morgan fingerprint density at radius 2 is 1.85 bits per heavy atom. The van der Waals surface area contributed by atoms with E-state index in [0.29, 0.717) is 17.1 Å². The summed E-state index contributed by atoms with van der Waals surface area (Å²) in [4.78, 5) is 12.0. The number of nitrogens with one attached hydrogen (secondary N) is 1. The summed E-state index contributed by atoms with van der Waals surface area (Å²) in [5.41, 5.74) is 0.749. The Bertz CT molecular complexity index is 926. The lowest BCUT2D eigenvalue weighted by Crippen LogP contribution is -2.14. The highest BCUT2D eigenvalue weighted by Crippen LogP contribution is 2.30. The predicted octanol–water partition coefficient (Wildman–Crippen LogP) is 3.62. The molecule has 0 spiro atoms. The molecule has 0 radical (unpaired) electrons. The smallest absolute Gasteiger partial charge is 0.277 e. The largest absolute Gasteiger partial charge is 0.497 e. The van der Waals surface area contributed by atoms with Crippen molar-refractivity contribution in [3.63, 3.8) is 0 Å². The first-order valence-corrected chi connectivity index (χ1v) is 8.81. The maximum atomic E-state index is 13.5. The van der Waals surface area contributed by atoms with E-state index < -0.39 is 5.82 Å². The van der Waals surface area contributed by atoms with Gasteiger partial charge in [0.05, 0.1) is 25.7 Å². The number of benzene rings is 2. The number of para-hydroxylation sites is 1. The Morgan fingerprint density at radius 1 is 1.15 bits per heavy atom. The molecule has 140 valence electrons. The van der Waals surface area contributed by atoms with Crippen LogP contribution in [-0.2, 0) is 4.79 Å². The zero-order chi connectivity index (χ0) is 19.2. The van der Waals surface area contributed by atoms with Crippen molar-refractivity contribution in [2.45, 2.75) is 5.22 Å². The number of carbonyl (C=O) groups is 1. The van der Waals surface area contributed by atoms with Crippen molar-refractivity contribution in [1.29, 1.82) is 0 Å². The van der Waals surface area contributed by atoms with Gasteiger partial charge in [-0.2, -0.15) is 0 Å². The topological polar surface area (TPSA) is 86.5 Å². The first-order valence-electron chi connectivity index (χ1n) is 7.83. The van der Waals surface area contributed by atoms with Crippen LogP contribution >= 0.6 is 11.8 Å². The third-order valence-electron chi connectivity index (χ3n) is 3.48. The van der Waals surface area contributed by atoms with Gasteiger partial charge in [0.25, 0.3) is 5.22 Å². The van der Waals surface area contributed by atoms with Crippen LogP contribution in [0.1, 0.15) is 0 Å². The number of hydrogen-bond acceptors (Lipinski definition) is 7. The van der Waals surface area contributed by atoms with E-state index in [1.54, 1.807) is 44.6 Å². The van der Waals surface area contributed by atoms with Crippen LogP contribution in [0.5, 0.6) is 11.5 Å². The quantitative estimate of drug-likeness (QED) is 0.618. The summed E-state index contributed by atoms with van der Waals surface area (Å²) in [7, 11) is 3.09. The van der Waals surface area contributed by atoms with Crippen LogP contribution in [0.4, 0.5) is 10.1 Å². The molecule has 1 N–H and O–H groups in total. The highest BCUT2D eigenvalue weighted by molar-refractivity contribution is 7.99. The van der Waals surface area contributed by atoms with Gasteiger partial charge in [0.2, 0.25) is 11.8 Å². The fourth-order valence-corrected chi connectivity index (χ4v) is 2.75. The summed E-state index contributed by atoms with van der Waals surface area (Å²) in [6.07, 6.45) is 0. The van der Waals surface area contributed by atoms with Gasteiger partial charge in [0.15, 0.2) is 0 Å². The average molecular weight is 389 g/mol. The first-order chi connectivity index (χ1) is 13.1. The van der Waals surface area contributed by atoms with Crippen molar-refractivity contribution in [2.75, 3.05) is 25.3 Å². The predicted molar refractivity (Wildman–Crippen MR) is 98.6 cm³/mol. The molecular formula is C18H16FN3O4S. The zero-order valence-corrected chi connectivity index (χ0v) is 15.4. The molecule has 0 unspecified atom stereocenters. The van der Waals surface area contributed by atoms with E-state index in [2.05, 4.69) is 15.5 Å². The van der Waals surface area contributed by atoms with Gasteiger partial charge in [-0.25, -0.2) is 4.39 Å². The van der Waals surface area contributed by atoms with Gasteiger partial charge < -0.3 is 19.2 Å². The minimum atomic E-state index is -0.497. The molecular weight excluding hydrogens is 373 g/mol. The number of carbonyl (C=O) groups excluding carboxylic acids is 1. The van der Waals surface area contributed by atoms with Gasteiger partial charge in [-0.3, -0.25) is 4.79 Å². The number of halogens is 1. The van der Waals surface area contributed by atoms with E-state index >= 15 is 0 Å². The van der Waals surface area contributed by atoms with Crippen molar-refractivity contribution in [3.05, 3.63) is 48.3 Å². The third kappa shape index (κ3) is 4.76. The molecule has 7 nitrogen and oxygen atoms in total. The zero-order valence-electron chi connectivity index (χ0n) is 14.6. The maximum Gasteiger partial charge on any atom is 0.277 e. The fourth-order valence-electron chi connectivity index (χ4n) is 2.19. The van der Waals surface area contributed by atoms with Crippen molar-refractivity contribution in [1.82, 2.24) is 10.2 Å². The van der Waals surface area contributed by atoms with Crippen molar-refractivity contribution >= 4 is 23.4 Å². The van der Waals surface area contributed by atoms with E-state index in [4.69, 9.17) is 13.9 Å². The molecule has 0 atom stereocenters. The minimum absolute atomic E-state index is 0.00258. The van der Waals surface area contributed by atoms with E-state index in [1.165, 1.54) is 12.1 Å². The molecule has 0 aliphatic rings. The van der Waals surface area contributed by atoms with Crippen molar-refractivity contribution in [3.8, 4) is 23.0 Å². The molecule has 9 heteroatoms. The molecule has 3 aromatic rings. The van der Waals surface area contributed by atoms with E-state index in [0.717, 1.165) is 11.8 Å². The van der Waals surface area contributed by atoms with Crippen LogP contribution in [0.3, 0.4) is 0 Å². The highest BCUT2D eigenvalue weighted by Gasteiger charge is 2.14. The molecule has 1 aromatic heterocycles. The van der Waals surface area contributed by atoms with Crippen LogP contribution in [0.15, 0.2) is 52.1 Å². The van der Waals surface area contributed by atoms with Gasteiger partial charge in [0.1, 0.15) is 17.3 Å². The van der Waals surface area contributed by atoms with Gasteiger partial charge in [-0.15, -0.1) is 10.2 Å². The van der Waals surface area contributed by atoms with Crippen LogP contribution in [0, 0.1) is 5.82 Å². The Labute approximate surface area is 158 Å². The lowest BCUT2D eigenvalue weighted by atomic mass is 10.2. The summed E-state index contributed by atoms with van der Waals surface area (Å²) < 4.78 is 29.5. The number of thioether (sulfide) groups is 1. The number of ether oxygens (including phenoxy) is 2. The number of rotatable bonds is 7. The average Bonchev–Trinajstić information content (AvgIpc) is 3.17. The Kier molecular flexibility index (Phi) is 5.92. The Balaban J connectivity index is 1.64. The SMILES string of the molecule is COc1cc(OC)cc(-c2nnc(SCC(=O)Nc3ccccc3F)o2)c1. The number of hydrogen-bond donors (Lipinski definition) is 1.